The molecule has 0 amide bonds. The molecule has 4 heteroatoms. The minimum atomic E-state index is -0.00208. The molecule has 0 aliphatic carbocycles. The monoisotopic (exact) mass is 155 g/mol. The van der Waals surface area contributed by atoms with Gasteiger partial charge in [0.2, 0.25) is 0 Å². The Balaban J connectivity index is 2.75. The highest BCUT2D eigenvalue weighted by Crippen LogP contribution is 1.95. The Hall–Kier alpha value is -1.03. The minimum Gasteiger partial charge on any atom is -0.319 e. The summed E-state index contributed by atoms with van der Waals surface area (Å²) in [5, 5.41) is 8.31. The minimum absolute atomic E-state index is 0.00208. The summed E-state index contributed by atoms with van der Waals surface area (Å²) in [6.07, 6.45) is 0.779. The van der Waals surface area contributed by atoms with Gasteiger partial charge in [0.15, 0.2) is 0 Å². The molecule has 0 saturated carbocycles. The van der Waals surface area contributed by atoms with E-state index < -0.39 is 0 Å². The molecule has 0 spiro atoms. The lowest BCUT2D eigenvalue weighted by Crippen LogP contribution is -2.15. The van der Waals surface area contributed by atoms with Crippen LogP contribution >= 0.6 is 0 Å². The second-order valence-corrected chi connectivity index (χ2v) is 2.54. The molecule has 0 aliphatic heterocycles. The van der Waals surface area contributed by atoms with Crippen LogP contribution in [0.3, 0.4) is 0 Å². The second kappa shape index (κ2) is 3.39. The fraction of sp³-hybridized carbons (Fsp3) is 0.571. The predicted molar refractivity (Wildman–Crippen MR) is 43.8 cm³/mol. The molecule has 0 atom stereocenters. The Morgan fingerprint density at radius 1 is 1.45 bits per heavy atom. The van der Waals surface area contributed by atoms with Gasteiger partial charge in [-0.1, -0.05) is 0 Å². The van der Waals surface area contributed by atoms with Crippen molar-refractivity contribution in [2.24, 2.45) is 0 Å². The van der Waals surface area contributed by atoms with Gasteiger partial charge in [-0.05, 0) is 26.9 Å². The fourth-order valence-corrected chi connectivity index (χ4v) is 1.02. The van der Waals surface area contributed by atoms with Crippen molar-refractivity contribution >= 4 is 0 Å². The van der Waals surface area contributed by atoms with Crippen molar-refractivity contribution in [2.75, 3.05) is 13.6 Å². The van der Waals surface area contributed by atoms with Gasteiger partial charge < -0.3 is 10.4 Å². The van der Waals surface area contributed by atoms with E-state index >= 15 is 0 Å². The molecule has 1 aromatic rings. The van der Waals surface area contributed by atoms with Crippen LogP contribution in [-0.2, 0) is 6.42 Å². The van der Waals surface area contributed by atoms with E-state index in [0.717, 1.165) is 24.2 Å². The number of likely N-dealkylation sites (N-methyl/N-ethyl adjacent to an activating group) is 1. The lowest BCUT2D eigenvalue weighted by molar-refractivity contribution is 0.786. The molecule has 0 bridgehead atoms. The Bertz CT molecular complexity index is 273. The van der Waals surface area contributed by atoms with E-state index in [2.05, 4.69) is 15.5 Å². The van der Waals surface area contributed by atoms with Crippen LogP contribution in [0, 0.1) is 6.92 Å². The first-order valence-electron chi connectivity index (χ1n) is 3.66. The first-order chi connectivity index (χ1) is 5.25. The first kappa shape index (κ1) is 8.07. The maximum atomic E-state index is 11.0. The van der Waals surface area contributed by atoms with E-state index in [1.165, 1.54) is 0 Å². The summed E-state index contributed by atoms with van der Waals surface area (Å²) in [4.78, 5) is 11.0. The number of hydrogen-bond acceptors (Lipinski definition) is 2. The Morgan fingerprint density at radius 3 is 2.64 bits per heavy atom. The van der Waals surface area contributed by atoms with Gasteiger partial charge in [-0.2, -0.15) is 0 Å². The van der Waals surface area contributed by atoms with E-state index in [9.17, 15) is 4.79 Å². The fourth-order valence-electron chi connectivity index (χ4n) is 1.02. The highest BCUT2D eigenvalue weighted by atomic mass is 16.1. The van der Waals surface area contributed by atoms with Crippen molar-refractivity contribution in [1.82, 2.24) is 15.5 Å². The van der Waals surface area contributed by atoms with Gasteiger partial charge in [-0.25, -0.2) is 0 Å². The SMILES string of the molecule is CNCCc1c(C)[nH][nH]c1=O. The normalized spacial score (nSPS) is 10.4. The van der Waals surface area contributed by atoms with Crippen LogP contribution in [0.15, 0.2) is 4.79 Å². The van der Waals surface area contributed by atoms with Gasteiger partial charge in [0.1, 0.15) is 0 Å². The van der Waals surface area contributed by atoms with Crippen molar-refractivity contribution in [3.63, 3.8) is 0 Å². The average molecular weight is 155 g/mol. The molecule has 0 aromatic carbocycles. The third kappa shape index (κ3) is 1.71. The van der Waals surface area contributed by atoms with Gasteiger partial charge in [0.25, 0.3) is 5.56 Å². The topological polar surface area (TPSA) is 60.7 Å². The third-order valence-electron chi connectivity index (χ3n) is 1.72. The van der Waals surface area contributed by atoms with Gasteiger partial charge in [-0.15, -0.1) is 0 Å². The summed E-state index contributed by atoms with van der Waals surface area (Å²) in [5.41, 5.74) is 1.78. The summed E-state index contributed by atoms with van der Waals surface area (Å²) in [6, 6.07) is 0. The van der Waals surface area contributed by atoms with Crippen molar-refractivity contribution in [3.05, 3.63) is 21.6 Å². The lowest BCUT2D eigenvalue weighted by Gasteiger charge is -1.95. The Morgan fingerprint density at radius 2 is 2.18 bits per heavy atom. The summed E-state index contributed by atoms with van der Waals surface area (Å²) < 4.78 is 0. The molecular formula is C7H13N3O. The smallest absolute Gasteiger partial charge is 0.267 e. The largest absolute Gasteiger partial charge is 0.319 e. The van der Waals surface area contributed by atoms with Gasteiger partial charge in [-0.3, -0.25) is 9.89 Å². The first-order valence-corrected chi connectivity index (χ1v) is 3.66. The van der Waals surface area contributed by atoms with Crippen LogP contribution in [0.2, 0.25) is 0 Å². The van der Waals surface area contributed by atoms with Crippen molar-refractivity contribution in [3.8, 4) is 0 Å². The summed E-state index contributed by atoms with van der Waals surface area (Å²) in [7, 11) is 1.87. The molecule has 0 unspecified atom stereocenters. The Labute approximate surface area is 65.0 Å². The number of nitrogens with one attached hydrogen (secondary N) is 3. The summed E-state index contributed by atoms with van der Waals surface area (Å²) >= 11 is 0. The number of hydrogen-bond donors (Lipinski definition) is 3. The molecule has 0 saturated heterocycles. The maximum Gasteiger partial charge on any atom is 0.267 e. The molecule has 1 heterocycles. The number of aromatic amines is 2. The molecule has 1 aromatic heterocycles. The summed E-state index contributed by atoms with van der Waals surface area (Å²) in [5.74, 6) is 0. The van der Waals surface area contributed by atoms with Crippen LogP contribution in [0.25, 0.3) is 0 Å². The molecule has 11 heavy (non-hydrogen) atoms. The van der Waals surface area contributed by atoms with Crippen LogP contribution < -0.4 is 10.9 Å². The maximum absolute atomic E-state index is 11.0. The van der Waals surface area contributed by atoms with Crippen molar-refractivity contribution < 1.29 is 0 Å². The highest BCUT2D eigenvalue weighted by Gasteiger charge is 2.03. The standard InChI is InChI=1S/C7H13N3O/c1-5-6(3-4-8-2)7(11)10-9-5/h8H,3-4H2,1-2H3,(H2,9,10,11). The van der Waals surface area contributed by atoms with Gasteiger partial charge >= 0.3 is 0 Å². The predicted octanol–water partition coefficient (Wildman–Crippen LogP) is -0.227. The van der Waals surface area contributed by atoms with Crippen molar-refractivity contribution in [2.45, 2.75) is 13.3 Å². The molecule has 0 radical (unpaired) electrons. The molecule has 3 N–H and O–H groups in total. The molecule has 4 nitrogen and oxygen atoms in total. The quantitative estimate of drug-likeness (QED) is 0.565. The van der Waals surface area contributed by atoms with Crippen LogP contribution in [-0.4, -0.2) is 23.8 Å². The van der Waals surface area contributed by atoms with Gasteiger partial charge in [0.05, 0.1) is 0 Å². The zero-order chi connectivity index (χ0) is 8.27. The van der Waals surface area contributed by atoms with E-state index in [0.29, 0.717) is 0 Å². The number of aromatic nitrogens is 2. The molecule has 1 rings (SSSR count). The molecule has 0 aliphatic rings. The number of rotatable bonds is 3. The van der Waals surface area contributed by atoms with E-state index in [1.54, 1.807) is 0 Å². The van der Waals surface area contributed by atoms with Crippen LogP contribution in [0.1, 0.15) is 11.3 Å². The van der Waals surface area contributed by atoms with Gasteiger partial charge in [0, 0.05) is 11.3 Å². The highest BCUT2D eigenvalue weighted by molar-refractivity contribution is 5.14. The molecular weight excluding hydrogens is 142 g/mol. The Kier molecular flexibility index (Phi) is 2.48. The van der Waals surface area contributed by atoms with E-state index in [-0.39, 0.29) is 5.56 Å². The zero-order valence-corrected chi connectivity index (χ0v) is 6.82. The average Bonchev–Trinajstić information content (AvgIpc) is 2.29. The third-order valence-corrected chi connectivity index (χ3v) is 1.72. The van der Waals surface area contributed by atoms with E-state index in [4.69, 9.17) is 0 Å². The summed E-state index contributed by atoms with van der Waals surface area (Å²) in [6.45, 7) is 2.73. The second-order valence-electron chi connectivity index (χ2n) is 2.54. The molecule has 62 valence electrons. The van der Waals surface area contributed by atoms with Crippen molar-refractivity contribution in [1.29, 1.82) is 0 Å². The van der Waals surface area contributed by atoms with Crippen LogP contribution in [0.5, 0.6) is 0 Å². The zero-order valence-electron chi connectivity index (χ0n) is 6.82. The lowest BCUT2D eigenvalue weighted by atomic mass is 10.2. The van der Waals surface area contributed by atoms with E-state index in [1.807, 2.05) is 14.0 Å². The number of aryl methyl sites for hydroxylation is 1. The van der Waals surface area contributed by atoms with Crippen LogP contribution in [0.4, 0.5) is 0 Å². The molecule has 0 fully saturated rings. The number of H-pyrrole nitrogens is 2.